The maximum Gasteiger partial charge on any atom is 0.146 e. The highest BCUT2D eigenvalue weighted by Crippen LogP contribution is 2.20. The van der Waals surface area contributed by atoms with Crippen LogP contribution in [-0.2, 0) is 6.42 Å². The number of nitrogens with one attached hydrogen (secondary N) is 1. The normalized spacial score (nSPS) is 9.69. The van der Waals surface area contributed by atoms with E-state index in [9.17, 15) is 4.39 Å². The standard InChI is InChI=1S/C11H14FN/c1-3-6-9-7-5-8-10(12)11(9)13-4-2/h4-5,7-8,13H,2-3,6H2,1H3. The van der Waals surface area contributed by atoms with Crippen molar-refractivity contribution < 1.29 is 4.39 Å². The van der Waals surface area contributed by atoms with E-state index >= 15 is 0 Å². The summed E-state index contributed by atoms with van der Waals surface area (Å²) in [7, 11) is 0. The lowest BCUT2D eigenvalue weighted by atomic mass is 10.1. The molecule has 0 aliphatic carbocycles. The summed E-state index contributed by atoms with van der Waals surface area (Å²) >= 11 is 0. The van der Waals surface area contributed by atoms with Gasteiger partial charge in [0.2, 0.25) is 0 Å². The smallest absolute Gasteiger partial charge is 0.146 e. The van der Waals surface area contributed by atoms with Crippen molar-refractivity contribution in [3.63, 3.8) is 0 Å². The Bertz CT molecular complexity index is 294. The van der Waals surface area contributed by atoms with Gasteiger partial charge in [-0.3, -0.25) is 0 Å². The zero-order valence-electron chi connectivity index (χ0n) is 7.81. The minimum Gasteiger partial charge on any atom is -0.360 e. The Morgan fingerprint density at radius 3 is 2.92 bits per heavy atom. The predicted molar refractivity (Wildman–Crippen MR) is 54.2 cm³/mol. The van der Waals surface area contributed by atoms with E-state index in [1.807, 2.05) is 6.07 Å². The molecule has 0 aromatic heterocycles. The van der Waals surface area contributed by atoms with Crippen molar-refractivity contribution in [1.82, 2.24) is 0 Å². The lowest BCUT2D eigenvalue weighted by Gasteiger charge is -2.08. The van der Waals surface area contributed by atoms with Crippen molar-refractivity contribution in [3.05, 3.63) is 42.4 Å². The maximum atomic E-state index is 13.3. The first-order valence-electron chi connectivity index (χ1n) is 4.44. The van der Waals surface area contributed by atoms with Gasteiger partial charge in [-0.1, -0.05) is 32.1 Å². The zero-order valence-corrected chi connectivity index (χ0v) is 7.81. The van der Waals surface area contributed by atoms with Gasteiger partial charge < -0.3 is 5.32 Å². The summed E-state index contributed by atoms with van der Waals surface area (Å²) in [6.45, 7) is 5.59. The van der Waals surface area contributed by atoms with Crippen molar-refractivity contribution in [3.8, 4) is 0 Å². The van der Waals surface area contributed by atoms with Gasteiger partial charge in [-0.15, -0.1) is 0 Å². The second kappa shape index (κ2) is 4.65. The van der Waals surface area contributed by atoms with E-state index in [4.69, 9.17) is 0 Å². The molecule has 0 radical (unpaired) electrons. The molecule has 0 amide bonds. The molecule has 0 heterocycles. The number of benzene rings is 1. The third kappa shape index (κ3) is 2.31. The van der Waals surface area contributed by atoms with Crippen LogP contribution in [-0.4, -0.2) is 0 Å². The summed E-state index contributed by atoms with van der Waals surface area (Å²) in [6.07, 6.45) is 3.39. The molecule has 13 heavy (non-hydrogen) atoms. The van der Waals surface area contributed by atoms with Gasteiger partial charge in [0.15, 0.2) is 0 Å². The van der Waals surface area contributed by atoms with Crippen LogP contribution in [0.3, 0.4) is 0 Å². The molecule has 0 aliphatic heterocycles. The lowest BCUT2D eigenvalue weighted by molar-refractivity contribution is 0.629. The Kier molecular flexibility index (Phi) is 3.50. The minimum absolute atomic E-state index is 0.217. The van der Waals surface area contributed by atoms with Gasteiger partial charge in [0, 0.05) is 0 Å². The number of hydrogen-bond donors (Lipinski definition) is 1. The van der Waals surface area contributed by atoms with Gasteiger partial charge in [-0.25, -0.2) is 4.39 Å². The summed E-state index contributed by atoms with van der Waals surface area (Å²) < 4.78 is 13.3. The van der Waals surface area contributed by atoms with Gasteiger partial charge in [0.25, 0.3) is 0 Å². The summed E-state index contributed by atoms with van der Waals surface area (Å²) in [5, 5.41) is 2.82. The number of aryl methyl sites for hydroxylation is 1. The Hall–Kier alpha value is -1.31. The Labute approximate surface area is 78.3 Å². The highest BCUT2D eigenvalue weighted by molar-refractivity contribution is 5.54. The van der Waals surface area contributed by atoms with E-state index in [2.05, 4.69) is 18.8 Å². The first-order chi connectivity index (χ1) is 6.29. The molecule has 0 saturated heterocycles. The summed E-state index contributed by atoms with van der Waals surface area (Å²) in [5.74, 6) is -0.217. The highest BCUT2D eigenvalue weighted by Gasteiger charge is 2.04. The van der Waals surface area contributed by atoms with Crippen LogP contribution in [0.15, 0.2) is 31.0 Å². The Balaban J connectivity index is 3.01. The van der Waals surface area contributed by atoms with Crippen molar-refractivity contribution in [2.75, 3.05) is 5.32 Å². The Morgan fingerprint density at radius 2 is 2.31 bits per heavy atom. The summed E-state index contributed by atoms with van der Waals surface area (Å²) in [4.78, 5) is 0. The first kappa shape index (κ1) is 9.78. The number of halogens is 1. The monoisotopic (exact) mass is 179 g/mol. The van der Waals surface area contributed by atoms with E-state index in [-0.39, 0.29) is 5.82 Å². The van der Waals surface area contributed by atoms with E-state index < -0.39 is 0 Å². The lowest BCUT2D eigenvalue weighted by Crippen LogP contribution is -1.97. The van der Waals surface area contributed by atoms with Crippen molar-refractivity contribution in [2.45, 2.75) is 19.8 Å². The molecule has 0 unspecified atom stereocenters. The molecule has 1 aromatic rings. The molecule has 70 valence electrons. The number of hydrogen-bond acceptors (Lipinski definition) is 1. The van der Waals surface area contributed by atoms with Crippen LogP contribution in [0, 0.1) is 5.82 Å². The zero-order chi connectivity index (χ0) is 9.68. The highest BCUT2D eigenvalue weighted by atomic mass is 19.1. The number of rotatable bonds is 4. The number of para-hydroxylation sites is 1. The molecule has 1 nitrogen and oxygen atoms in total. The van der Waals surface area contributed by atoms with Crippen LogP contribution in [0.5, 0.6) is 0 Å². The van der Waals surface area contributed by atoms with Gasteiger partial charge in [-0.05, 0) is 24.3 Å². The fourth-order valence-corrected chi connectivity index (χ4v) is 1.31. The number of anilines is 1. The minimum atomic E-state index is -0.217. The van der Waals surface area contributed by atoms with Crippen LogP contribution in [0.4, 0.5) is 10.1 Å². The van der Waals surface area contributed by atoms with Crippen molar-refractivity contribution in [1.29, 1.82) is 0 Å². The van der Waals surface area contributed by atoms with Crippen LogP contribution in [0.1, 0.15) is 18.9 Å². The molecular formula is C11H14FN. The van der Waals surface area contributed by atoms with Crippen LogP contribution in [0.25, 0.3) is 0 Å². The molecule has 0 bridgehead atoms. The van der Waals surface area contributed by atoms with Gasteiger partial charge >= 0.3 is 0 Å². The molecular weight excluding hydrogens is 165 g/mol. The topological polar surface area (TPSA) is 12.0 Å². The maximum absolute atomic E-state index is 13.3. The van der Waals surface area contributed by atoms with Gasteiger partial charge in [0.05, 0.1) is 5.69 Å². The molecule has 2 heteroatoms. The molecule has 0 atom stereocenters. The third-order valence-corrected chi connectivity index (χ3v) is 1.87. The Morgan fingerprint density at radius 1 is 1.54 bits per heavy atom. The van der Waals surface area contributed by atoms with Gasteiger partial charge in [-0.2, -0.15) is 0 Å². The van der Waals surface area contributed by atoms with Gasteiger partial charge in [0.1, 0.15) is 5.82 Å². The molecule has 1 rings (SSSR count). The largest absolute Gasteiger partial charge is 0.360 e. The van der Waals surface area contributed by atoms with E-state index in [0.29, 0.717) is 5.69 Å². The molecule has 0 fully saturated rings. The second-order valence-electron chi connectivity index (χ2n) is 2.87. The first-order valence-corrected chi connectivity index (χ1v) is 4.44. The van der Waals surface area contributed by atoms with Crippen LogP contribution < -0.4 is 5.32 Å². The average Bonchev–Trinajstić information content (AvgIpc) is 2.11. The molecule has 0 saturated carbocycles. The second-order valence-corrected chi connectivity index (χ2v) is 2.87. The van der Waals surface area contributed by atoms with E-state index in [1.165, 1.54) is 12.3 Å². The third-order valence-electron chi connectivity index (χ3n) is 1.87. The van der Waals surface area contributed by atoms with Crippen LogP contribution >= 0.6 is 0 Å². The summed E-state index contributed by atoms with van der Waals surface area (Å²) in [6, 6.07) is 5.11. The van der Waals surface area contributed by atoms with Crippen molar-refractivity contribution in [2.24, 2.45) is 0 Å². The van der Waals surface area contributed by atoms with E-state index in [1.54, 1.807) is 6.07 Å². The fraction of sp³-hybridized carbons (Fsp3) is 0.273. The fourth-order valence-electron chi connectivity index (χ4n) is 1.31. The molecule has 1 N–H and O–H groups in total. The van der Waals surface area contributed by atoms with E-state index in [0.717, 1.165) is 18.4 Å². The van der Waals surface area contributed by atoms with Crippen molar-refractivity contribution >= 4 is 5.69 Å². The average molecular weight is 179 g/mol. The summed E-state index contributed by atoms with van der Waals surface area (Å²) in [5.41, 5.74) is 1.56. The molecule has 0 aliphatic rings. The molecule has 0 spiro atoms. The SMILES string of the molecule is C=CNc1c(F)cccc1CCC. The molecule has 1 aromatic carbocycles. The van der Waals surface area contributed by atoms with Crippen LogP contribution in [0.2, 0.25) is 0 Å². The predicted octanol–water partition coefficient (Wildman–Crippen LogP) is 3.33. The quantitative estimate of drug-likeness (QED) is 0.747.